The van der Waals surface area contributed by atoms with E-state index < -0.39 is 21.9 Å². The number of aromatic nitrogens is 1. The van der Waals surface area contributed by atoms with Gasteiger partial charge in [0.15, 0.2) is 4.80 Å². The van der Waals surface area contributed by atoms with Gasteiger partial charge in [-0.15, -0.1) is 0 Å². The van der Waals surface area contributed by atoms with Crippen molar-refractivity contribution in [2.75, 3.05) is 33.9 Å². The van der Waals surface area contributed by atoms with Crippen molar-refractivity contribution < 1.29 is 27.5 Å². The summed E-state index contributed by atoms with van der Waals surface area (Å²) in [5.74, 6) is -0.919. The summed E-state index contributed by atoms with van der Waals surface area (Å²) in [4.78, 5) is 29.9. The summed E-state index contributed by atoms with van der Waals surface area (Å²) >= 11 is 1.28. The Hall–Kier alpha value is -2.86. The van der Waals surface area contributed by atoms with Gasteiger partial charge in [0.25, 0.3) is 5.91 Å². The number of fused-ring (bicyclic) bond motifs is 1. The maximum atomic E-state index is 12.9. The number of hydrogen-bond acceptors (Lipinski definition) is 7. The van der Waals surface area contributed by atoms with E-state index in [9.17, 15) is 18.0 Å². The molecule has 0 bridgehead atoms. The van der Waals surface area contributed by atoms with E-state index in [1.54, 1.807) is 25.1 Å². The van der Waals surface area contributed by atoms with Crippen LogP contribution in [0.25, 0.3) is 10.2 Å². The quantitative estimate of drug-likeness (QED) is 0.327. The van der Waals surface area contributed by atoms with Crippen LogP contribution >= 0.6 is 11.3 Å². The summed E-state index contributed by atoms with van der Waals surface area (Å²) in [6.45, 7) is 5.38. The van der Waals surface area contributed by atoms with Crippen molar-refractivity contribution >= 4 is 43.5 Å². The van der Waals surface area contributed by atoms with Crippen molar-refractivity contribution in [2.45, 2.75) is 25.3 Å². The summed E-state index contributed by atoms with van der Waals surface area (Å²) in [5, 5.41) is 0. The smallest absolute Gasteiger partial charge is 0.338 e. The normalized spacial score (nSPS) is 12.4. The lowest BCUT2D eigenvalue weighted by Gasteiger charge is -2.11. The van der Waals surface area contributed by atoms with Crippen LogP contribution in [0.15, 0.2) is 52.4 Å². The molecule has 0 radical (unpaired) electrons. The molecule has 3 rings (SSSR count). The average molecular weight is 506 g/mol. The Morgan fingerprint density at radius 3 is 2.32 bits per heavy atom. The number of esters is 1. The molecule has 2 aromatic carbocycles. The minimum atomic E-state index is -3.59. The summed E-state index contributed by atoms with van der Waals surface area (Å²) < 4.78 is 38.8. The maximum Gasteiger partial charge on any atom is 0.338 e. The molecule has 0 aliphatic heterocycles. The molecule has 0 fully saturated rings. The number of thiazole rings is 1. The Kier molecular flexibility index (Phi) is 8.37. The first-order chi connectivity index (χ1) is 16.2. The second-order valence-electron chi connectivity index (χ2n) is 7.36. The Balaban J connectivity index is 2.02. The number of amides is 1. The van der Waals surface area contributed by atoms with E-state index in [2.05, 4.69) is 4.99 Å². The second kappa shape index (κ2) is 11.0. The van der Waals surface area contributed by atoms with E-state index in [0.29, 0.717) is 30.1 Å². The Bertz CT molecular complexity index is 1360. The molecule has 182 valence electrons. The van der Waals surface area contributed by atoms with E-state index in [0.717, 1.165) is 14.5 Å². The van der Waals surface area contributed by atoms with Crippen LogP contribution in [0, 0.1) is 0 Å². The van der Waals surface area contributed by atoms with Gasteiger partial charge in [-0.3, -0.25) is 4.79 Å². The molecule has 0 spiro atoms. The topological polar surface area (TPSA) is 107 Å². The minimum Gasteiger partial charge on any atom is -0.462 e. The van der Waals surface area contributed by atoms with Crippen LogP contribution in [0.3, 0.4) is 0 Å². The first kappa shape index (κ1) is 25.8. The molecule has 9 nitrogen and oxygen atoms in total. The first-order valence-corrected chi connectivity index (χ1v) is 12.9. The number of nitrogens with zero attached hydrogens (tertiary/aromatic N) is 3. The van der Waals surface area contributed by atoms with Crippen LogP contribution in [0.2, 0.25) is 0 Å². The third-order valence-corrected chi connectivity index (χ3v) is 7.80. The number of hydrogen-bond donors (Lipinski definition) is 0. The first-order valence-electron chi connectivity index (χ1n) is 10.7. The van der Waals surface area contributed by atoms with Gasteiger partial charge in [0, 0.05) is 32.8 Å². The van der Waals surface area contributed by atoms with Crippen molar-refractivity contribution in [1.82, 2.24) is 8.87 Å². The van der Waals surface area contributed by atoms with Crippen molar-refractivity contribution in [3.63, 3.8) is 0 Å². The lowest BCUT2D eigenvalue weighted by molar-refractivity contribution is 0.0526. The molecule has 34 heavy (non-hydrogen) atoms. The fourth-order valence-corrected chi connectivity index (χ4v) is 5.14. The van der Waals surface area contributed by atoms with Crippen LogP contribution in [-0.2, 0) is 26.0 Å². The Morgan fingerprint density at radius 1 is 1.03 bits per heavy atom. The van der Waals surface area contributed by atoms with Crippen LogP contribution < -0.4 is 4.80 Å². The van der Waals surface area contributed by atoms with E-state index in [4.69, 9.17) is 9.47 Å². The van der Waals surface area contributed by atoms with E-state index in [1.165, 1.54) is 49.7 Å². The monoisotopic (exact) mass is 505 g/mol. The van der Waals surface area contributed by atoms with Crippen LogP contribution in [0.1, 0.15) is 34.6 Å². The highest BCUT2D eigenvalue weighted by atomic mass is 32.2. The molecule has 1 amide bonds. The summed E-state index contributed by atoms with van der Waals surface area (Å²) in [5.41, 5.74) is 1.50. The maximum absolute atomic E-state index is 12.9. The number of carbonyl (C=O) groups is 2. The second-order valence-corrected chi connectivity index (χ2v) is 10.5. The lowest BCUT2D eigenvalue weighted by Crippen LogP contribution is -2.22. The molecule has 0 aliphatic rings. The molecule has 1 aromatic heterocycles. The number of benzene rings is 2. The molecular weight excluding hydrogens is 478 g/mol. The van der Waals surface area contributed by atoms with E-state index >= 15 is 0 Å². The van der Waals surface area contributed by atoms with Gasteiger partial charge in [0.2, 0.25) is 10.0 Å². The van der Waals surface area contributed by atoms with E-state index in [-0.39, 0.29) is 17.1 Å². The van der Waals surface area contributed by atoms with E-state index in [1.807, 2.05) is 11.5 Å². The van der Waals surface area contributed by atoms with Gasteiger partial charge in [-0.25, -0.2) is 17.5 Å². The van der Waals surface area contributed by atoms with Crippen LogP contribution in [0.5, 0.6) is 0 Å². The molecule has 3 aromatic rings. The standard InChI is InChI=1S/C23H27N3O6S2/c1-5-31-14-13-26-19-12-9-17(22(28)32-6-2)15-20(19)33-23(26)24-21(27)16-7-10-18(11-8-16)34(29,30)25(3)4/h7-12,15H,5-6,13-14H2,1-4H3. The fraction of sp³-hybridized carbons (Fsp3) is 0.348. The molecule has 11 heteroatoms. The van der Waals surface area contributed by atoms with Gasteiger partial charge in [-0.05, 0) is 56.3 Å². The SMILES string of the molecule is CCOCCn1c(=NC(=O)c2ccc(S(=O)(=O)N(C)C)cc2)sc2cc(C(=O)OCC)ccc21. The highest BCUT2D eigenvalue weighted by Crippen LogP contribution is 2.20. The summed E-state index contributed by atoms with van der Waals surface area (Å²) in [7, 11) is -0.705. The average Bonchev–Trinajstić information content (AvgIpc) is 3.15. The fourth-order valence-electron chi connectivity index (χ4n) is 3.15. The minimum absolute atomic E-state index is 0.0918. The predicted molar refractivity (Wildman–Crippen MR) is 129 cm³/mol. The Labute approximate surface area is 202 Å². The molecule has 0 saturated heterocycles. The highest BCUT2D eigenvalue weighted by molar-refractivity contribution is 7.89. The van der Waals surface area contributed by atoms with Gasteiger partial charge in [0.1, 0.15) is 0 Å². The van der Waals surface area contributed by atoms with Gasteiger partial charge in [-0.2, -0.15) is 4.99 Å². The van der Waals surface area contributed by atoms with Gasteiger partial charge in [0.05, 0.1) is 33.9 Å². The zero-order valence-electron chi connectivity index (χ0n) is 19.5. The zero-order valence-corrected chi connectivity index (χ0v) is 21.1. The molecular formula is C23H27N3O6S2. The molecule has 0 N–H and O–H groups in total. The van der Waals surface area contributed by atoms with Crippen molar-refractivity contribution in [1.29, 1.82) is 0 Å². The molecule has 0 unspecified atom stereocenters. The van der Waals surface area contributed by atoms with Crippen LogP contribution in [0.4, 0.5) is 0 Å². The van der Waals surface area contributed by atoms with Crippen molar-refractivity contribution in [3.8, 4) is 0 Å². The third-order valence-electron chi connectivity index (χ3n) is 4.93. The van der Waals surface area contributed by atoms with Gasteiger partial charge < -0.3 is 14.0 Å². The van der Waals surface area contributed by atoms with Crippen molar-refractivity contribution in [3.05, 3.63) is 58.4 Å². The van der Waals surface area contributed by atoms with Crippen LogP contribution in [-0.4, -0.2) is 63.1 Å². The highest BCUT2D eigenvalue weighted by Gasteiger charge is 2.18. The number of sulfonamides is 1. The molecule has 0 saturated carbocycles. The molecule has 0 aliphatic carbocycles. The number of carbonyl (C=O) groups excluding carboxylic acids is 2. The molecule has 0 atom stereocenters. The molecule has 1 heterocycles. The van der Waals surface area contributed by atoms with Crippen molar-refractivity contribution in [2.24, 2.45) is 4.99 Å². The van der Waals surface area contributed by atoms with Gasteiger partial charge >= 0.3 is 5.97 Å². The number of ether oxygens (including phenoxy) is 2. The zero-order chi connectivity index (χ0) is 24.9. The number of rotatable bonds is 9. The predicted octanol–water partition coefficient (Wildman–Crippen LogP) is 2.91. The van der Waals surface area contributed by atoms with Gasteiger partial charge in [-0.1, -0.05) is 11.3 Å². The third kappa shape index (κ3) is 5.61. The summed E-state index contributed by atoms with van der Waals surface area (Å²) in [6, 6.07) is 10.9. The Morgan fingerprint density at radius 2 is 1.71 bits per heavy atom. The largest absolute Gasteiger partial charge is 0.462 e. The lowest BCUT2D eigenvalue weighted by atomic mass is 10.2. The summed E-state index contributed by atoms with van der Waals surface area (Å²) in [6.07, 6.45) is 0.